The van der Waals surface area contributed by atoms with Gasteiger partial charge in [-0.05, 0) is 23.6 Å². The van der Waals surface area contributed by atoms with Crippen molar-refractivity contribution in [2.45, 2.75) is 6.04 Å². The standard InChI is InChI=1S/C21H29N3O4S/c1-23-7-9-24(10-8-23)16(19-6-5-11-29-19)14-22-21(25)15-12-17(26-2)20(28-4)18(13-15)27-3/h5-6,11-13,16H,7-10,14H2,1-4H3,(H,22,25)/p+2/t16-/m0/s1. The van der Waals surface area contributed by atoms with Gasteiger partial charge in [-0.1, -0.05) is 6.07 Å². The van der Waals surface area contributed by atoms with Crippen LogP contribution in [0.2, 0.25) is 0 Å². The van der Waals surface area contributed by atoms with E-state index in [1.54, 1.807) is 49.7 Å². The number of quaternary nitrogens is 2. The van der Waals surface area contributed by atoms with Crippen molar-refractivity contribution >= 4 is 17.2 Å². The van der Waals surface area contributed by atoms with Crippen LogP contribution in [0.25, 0.3) is 0 Å². The van der Waals surface area contributed by atoms with E-state index in [2.05, 4.69) is 29.9 Å². The van der Waals surface area contributed by atoms with E-state index < -0.39 is 0 Å². The van der Waals surface area contributed by atoms with Crippen molar-refractivity contribution in [1.82, 2.24) is 5.32 Å². The van der Waals surface area contributed by atoms with E-state index in [-0.39, 0.29) is 11.9 Å². The summed E-state index contributed by atoms with van der Waals surface area (Å²) in [6, 6.07) is 7.87. The number of likely N-dealkylation sites (N-methyl/N-ethyl adjacent to an activating group) is 1. The van der Waals surface area contributed by atoms with Gasteiger partial charge in [0, 0.05) is 5.56 Å². The molecular weight excluding hydrogens is 390 g/mol. The van der Waals surface area contributed by atoms with Crippen molar-refractivity contribution < 1.29 is 28.8 Å². The predicted molar refractivity (Wildman–Crippen MR) is 113 cm³/mol. The molecule has 1 aliphatic heterocycles. The van der Waals surface area contributed by atoms with Gasteiger partial charge in [-0.25, -0.2) is 0 Å². The third-order valence-electron chi connectivity index (χ3n) is 5.52. The molecule has 1 aliphatic rings. The minimum absolute atomic E-state index is 0.148. The van der Waals surface area contributed by atoms with Gasteiger partial charge < -0.3 is 29.3 Å². The first kappa shape index (κ1) is 21.4. The Morgan fingerprint density at radius 1 is 1.10 bits per heavy atom. The monoisotopic (exact) mass is 421 g/mol. The molecule has 0 radical (unpaired) electrons. The highest BCUT2D eigenvalue weighted by Crippen LogP contribution is 2.38. The van der Waals surface area contributed by atoms with E-state index >= 15 is 0 Å². The number of methoxy groups -OCH3 is 3. The highest BCUT2D eigenvalue weighted by molar-refractivity contribution is 7.10. The molecule has 3 rings (SSSR count). The van der Waals surface area contributed by atoms with Gasteiger partial charge in [0.15, 0.2) is 11.5 Å². The molecule has 1 atom stereocenters. The molecular formula is C21H31N3O4S+2. The van der Waals surface area contributed by atoms with Crippen LogP contribution in [0.1, 0.15) is 21.3 Å². The predicted octanol–water partition coefficient (Wildman–Crippen LogP) is -0.342. The number of piperazine rings is 1. The van der Waals surface area contributed by atoms with Gasteiger partial charge in [0.25, 0.3) is 5.91 Å². The maximum Gasteiger partial charge on any atom is 0.251 e. The van der Waals surface area contributed by atoms with E-state index in [9.17, 15) is 4.79 Å². The summed E-state index contributed by atoms with van der Waals surface area (Å²) in [5, 5.41) is 5.23. The Bertz CT molecular complexity index is 779. The molecule has 3 N–H and O–H groups in total. The zero-order valence-electron chi connectivity index (χ0n) is 17.5. The molecule has 2 heterocycles. The Kier molecular flexibility index (Phi) is 7.35. The number of ether oxygens (including phenoxy) is 3. The van der Waals surface area contributed by atoms with Crippen LogP contribution in [0.4, 0.5) is 0 Å². The minimum Gasteiger partial charge on any atom is -0.493 e. The third-order valence-corrected chi connectivity index (χ3v) is 6.50. The summed E-state index contributed by atoms with van der Waals surface area (Å²) >= 11 is 1.75. The van der Waals surface area contributed by atoms with Crippen LogP contribution in [0, 0.1) is 0 Å². The summed E-state index contributed by atoms with van der Waals surface area (Å²) in [7, 11) is 6.88. The molecule has 8 heteroatoms. The number of rotatable bonds is 8. The first-order valence-corrected chi connectivity index (χ1v) is 10.7. The number of carbonyl (C=O) groups excluding carboxylic acids is 1. The molecule has 0 bridgehead atoms. The van der Waals surface area contributed by atoms with Gasteiger partial charge in [-0.15, -0.1) is 11.3 Å². The molecule has 1 amide bonds. The highest BCUT2D eigenvalue weighted by atomic mass is 32.1. The average Bonchev–Trinajstić information content (AvgIpc) is 3.28. The molecule has 1 fully saturated rings. The van der Waals surface area contributed by atoms with Gasteiger partial charge in [0.05, 0.1) is 39.8 Å². The molecule has 158 valence electrons. The summed E-state index contributed by atoms with van der Waals surface area (Å²) in [5.74, 6) is 1.27. The first-order chi connectivity index (χ1) is 14.1. The Labute approximate surface area is 176 Å². The van der Waals surface area contributed by atoms with Gasteiger partial charge in [-0.3, -0.25) is 4.79 Å². The quantitative estimate of drug-likeness (QED) is 0.546. The molecule has 0 spiro atoms. The zero-order valence-corrected chi connectivity index (χ0v) is 18.4. The fourth-order valence-corrected chi connectivity index (χ4v) is 4.68. The Hall–Kier alpha value is -2.29. The van der Waals surface area contributed by atoms with E-state index in [0.717, 1.165) is 26.2 Å². The lowest BCUT2D eigenvalue weighted by atomic mass is 10.1. The SMILES string of the molecule is COc1cc(C(=O)NC[C@@H](c2cccs2)[NH+]2CC[NH+](C)CC2)cc(OC)c1OC. The summed E-state index contributed by atoms with van der Waals surface area (Å²) in [6.07, 6.45) is 0. The number of amides is 1. The maximum absolute atomic E-state index is 12.9. The van der Waals surface area contributed by atoms with Crippen LogP contribution in [0.3, 0.4) is 0 Å². The third kappa shape index (κ3) is 5.01. The van der Waals surface area contributed by atoms with Gasteiger partial charge in [-0.2, -0.15) is 0 Å². The van der Waals surface area contributed by atoms with Crippen LogP contribution in [-0.4, -0.2) is 67.0 Å². The zero-order chi connectivity index (χ0) is 20.8. The Morgan fingerprint density at radius 2 is 1.76 bits per heavy atom. The number of nitrogens with one attached hydrogen (secondary N) is 3. The molecule has 1 aromatic carbocycles. The van der Waals surface area contributed by atoms with Crippen molar-refractivity contribution in [2.24, 2.45) is 0 Å². The van der Waals surface area contributed by atoms with Crippen molar-refractivity contribution in [3.05, 3.63) is 40.1 Å². The number of carbonyl (C=O) groups is 1. The van der Waals surface area contributed by atoms with Gasteiger partial charge >= 0.3 is 0 Å². The van der Waals surface area contributed by atoms with E-state index in [4.69, 9.17) is 14.2 Å². The smallest absolute Gasteiger partial charge is 0.251 e. The summed E-state index contributed by atoms with van der Waals surface area (Å²) in [4.78, 5) is 17.3. The van der Waals surface area contributed by atoms with Crippen molar-refractivity contribution in [3.8, 4) is 17.2 Å². The Balaban J connectivity index is 1.75. The lowest BCUT2D eigenvalue weighted by Crippen LogP contribution is -3.27. The number of hydrogen-bond donors (Lipinski definition) is 3. The van der Waals surface area contributed by atoms with Crippen molar-refractivity contribution in [2.75, 3.05) is 61.1 Å². The fourth-order valence-electron chi connectivity index (χ4n) is 3.79. The average molecular weight is 422 g/mol. The van der Waals surface area contributed by atoms with Crippen LogP contribution in [0.5, 0.6) is 17.2 Å². The summed E-state index contributed by atoms with van der Waals surface area (Å²) in [6.45, 7) is 5.10. The second-order valence-electron chi connectivity index (χ2n) is 7.31. The normalized spacial score (nSPS) is 20.0. The number of thiophene rings is 1. The van der Waals surface area contributed by atoms with Gasteiger partial charge in [0.2, 0.25) is 5.75 Å². The molecule has 29 heavy (non-hydrogen) atoms. The van der Waals surface area contributed by atoms with E-state index in [1.807, 2.05) is 0 Å². The van der Waals surface area contributed by atoms with Crippen molar-refractivity contribution in [3.63, 3.8) is 0 Å². The minimum atomic E-state index is -0.148. The van der Waals surface area contributed by atoms with Crippen LogP contribution in [-0.2, 0) is 0 Å². The fraction of sp³-hybridized carbons (Fsp3) is 0.476. The van der Waals surface area contributed by atoms with Crippen LogP contribution >= 0.6 is 11.3 Å². The van der Waals surface area contributed by atoms with Gasteiger partial charge in [0.1, 0.15) is 32.2 Å². The van der Waals surface area contributed by atoms with Crippen molar-refractivity contribution in [1.29, 1.82) is 0 Å². The molecule has 1 aromatic heterocycles. The second-order valence-corrected chi connectivity index (χ2v) is 8.29. The summed E-state index contributed by atoms with van der Waals surface area (Å²) in [5.41, 5.74) is 0.488. The Morgan fingerprint density at radius 3 is 2.28 bits per heavy atom. The largest absolute Gasteiger partial charge is 0.493 e. The molecule has 2 aromatic rings. The van der Waals surface area contributed by atoms with Crippen LogP contribution in [0.15, 0.2) is 29.6 Å². The molecule has 0 aliphatic carbocycles. The molecule has 1 saturated heterocycles. The maximum atomic E-state index is 12.9. The molecule has 0 saturated carbocycles. The highest BCUT2D eigenvalue weighted by Gasteiger charge is 2.30. The lowest BCUT2D eigenvalue weighted by molar-refractivity contribution is -1.02. The van der Waals surface area contributed by atoms with E-state index in [0.29, 0.717) is 29.4 Å². The number of hydrogen-bond acceptors (Lipinski definition) is 5. The molecule has 7 nitrogen and oxygen atoms in total. The first-order valence-electron chi connectivity index (χ1n) is 9.84. The topological polar surface area (TPSA) is 65.7 Å². The molecule has 0 unspecified atom stereocenters. The summed E-state index contributed by atoms with van der Waals surface area (Å²) < 4.78 is 16.1. The second kappa shape index (κ2) is 9.96. The van der Waals surface area contributed by atoms with E-state index in [1.165, 1.54) is 9.78 Å². The lowest BCUT2D eigenvalue weighted by Gasteiger charge is -2.33. The number of benzene rings is 1. The van der Waals surface area contributed by atoms with Crippen LogP contribution < -0.4 is 29.3 Å².